The summed E-state index contributed by atoms with van der Waals surface area (Å²) >= 11 is 0. The van der Waals surface area contributed by atoms with Crippen LogP contribution in [0.15, 0.2) is 54.7 Å². The van der Waals surface area contributed by atoms with Crippen molar-refractivity contribution in [1.29, 1.82) is 0 Å². The van der Waals surface area contributed by atoms with E-state index in [-0.39, 0.29) is 11.8 Å². The molecule has 2 N–H and O–H groups in total. The molecule has 1 aliphatic heterocycles. The summed E-state index contributed by atoms with van der Waals surface area (Å²) in [7, 11) is 0. The number of H-pyrrole nitrogens is 2. The summed E-state index contributed by atoms with van der Waals surface area (Å²) in [6.07, 6.45) is 3.63. The van der Waals surface area contributed by atoms with Crippen LogP contribution in [0.1, 0.15) is 40.5 Å². The van der Waals surface area contributed by atoms with Gasteiger partial charge in [0.05, 0.1) is 28.5 Å². The van der Waals surface area contributed by atoms with Crippen molar-refractivity contribution in [3.63, 3.8) is 0 Å². The fourth-order valence-electron chi connectivity index (χ4n) is 4.22. The van der Waals surface area contributed by atoms with E-state index in [1.54, 1.807) is 6.20 Å². The number of aryl methyl sites for hydroxylation is 1. The second kappa shape index (κ2) is 7.20. The maximum absolute atomic E-state index is 13.3. The van der Waals surface area contributed by atoms with Crippen LogP contribution in [0.3, 0.4) is 0 Å². The van der Waals surface area contributed by atoms with Crippen LogP contribution in [-0.4, -0.2) is 44.1 Å². The number of fused-ring (bicyclic) bond motifs is 1. The van der Waals surface area contributed by atoms with Crippen LogP contribution < -0.4 is 0 Å². The fraction of sp³-hybridized carbons (Fsp3) is 0.261. The lowest BCUT2D eigenvalue weighted by Crippen LogP contribution is -2.39. The third-order valence-electron chi connectivity index (χ3n) is 5.76. The van der Waals surface area contributed by atoms with Crippen molar-refractivity contribution in [3.05, 3.63) is 71.7 Å². The second-order valence-electron chi connectivity index (χ2n) is 7.71. The molecule has 0 spiro atoms. The fourth-order valence-corrected chi connectivity index (χ4v) is 4.22. The first kappa shape index (κ1) is 17.7. The number of hydrogen-bond acceptors (Lipinski definition) is 3. The molecule has 0 radical (unpaired) electrons. The highest BCUT2D eigenvalue weighted by Crippen LogP contribution is 2.30. The van der Waals surface area contributed by atoms with E-state index in [1.807, 2.05) is 41.3 Å². The lowest BCUT2D eigenvalue weighted by atomic mass is 9.96. The molecule has 29 heavy (non-hydrogen) atoms. The largest absolute Gasteiger partial charge is 0.342 e. The Morgan fingerprint density at radius 3 is 2.83 bits per heavy atom. The number of benzene rings is 2. The Kier molecular flexibility index (Phi) is 4.39. The summed E-state index contributed by atoms with van der Waals surface area (Å²) in [5.74, 6) is 1.21. The number of amides is 1. The SMILES string of the molecule is Cc1cccc2[nH]c(C3CCCN(C(=O)c4cn[nH]c4-c4ccccc4)C3)nc12. The topological polar surface area (TPSA) is 77.7 Å². The van der Waals surface area contributed by atoms with E-state index in [4.69, 9.17) is 4.98 Å². The first-order valence-corrected chi connectivity index (χ1v) is 10.0. The summed E-state index contributed by atoms with van der Waals surface area (Å²) in [5, 5.41) is 7.13. The molecule has 0 bridgehead atoms. The van der Waals surface area contributed by atoms with E-state index in [0.29, 0.717) is 12.1 Å². The van der Waals surface area contributed by atoms with Gasteiger partial charge in [0, 0.05) is 24.6 Å². The monoisotopic (exact) mass is 385 g/mol. The zero-order valence-corrected chi connectivity index (χ0v) is 16.4. The first-order valence-electron chi connectivity index (χ1n) is 10.0. The molecule has 1 unspecified atom stereocenters. The quantitative estimate of drug-likeness (QED) is 0.552. The van der Waals surface area contributed by atoms with Crippen LogP contribution in [0.5, 0.6) is 0 Å². The van der Waals surface area contributed by atoms with E-state index < -0.39 is 0 Å². The summed E-state index contributed by atoms with van der Waals surface area (Å²) in [6.45, 7) is 3.50. The van der Waals surface area contributed by atoms with E-state index in [1.165, 1.54) is 5.56 Å². The van der Waals surface area contributed by atoms with Gasteiger partial charge in [-0.2, -0.15) is 5.10 Å². The van der Waals surface area contributed by atoms with Crippen molar-refractivity contribution in [2.45, 2.75) is 25.7 Å². The Morgan fingerprint density at radius 2 is 2.00 bits per heavy atom. The van der Waals surface area contributed by atoms with Crippen LogP contribution in [0.2, 0.25) is 0 Å². The maximum Gasteiger partial charge on any atom is 0.257 e. The molecule has 4 aromatic rings. The highest BCUT2D eigenvalue weighted by Gasteiger charge is 2.29. The molecule has 3 heterocycles. The minimum Gasteiger partial charge on any atom is -0.342 e. The number of rotatable bonds is 3. The molecule has 1 saturated heterocycles. The molecular weight excluding hydrogens is 362 g/mol. The molecule has 2 aromatic heterocycles. The van der Waals surface area contributed by atoms with Crippen LogP contribution in [-0.2, 0) is 0 Å². The van der Waals surface area contributed by atoms with Crippen LogP contribution >= 0.6 is 0 Å². The normalized spacial score (nSPS) is 17.0. The van der Waals surface area contributed by atoms with Crippen molar-refractivity contribution in [2.24, 2.45) is 0 Å². The highest BCUT2D eigenvalue weighted by molar-refractivity contribution is 5.99. The van der Waals surface area contributed by atoms with Crippen molar-refractivity contribution in [1.82, 2.24) is 25.1 Å². The molecule has 2 aromatic carbocycles. The highest BCUT2D eigenvalue weighted by atomic mass is 16.2. The van der Waals surface area contributed by atoms with Crippen molar-refractivity contribution < 1.29 is 4.79 Å². The molecule has 0 aliphatic carbocycles. The average molecular weight is 385 g/mol. The Balaban J connectivity index is 1.40. The van der Waals surface area contributed by atoms with Gasteiger partial charge in [-0.25, -0.2) is 4.98 Å². The van der Waals surface area contributed by atoms with Gasteiger partial charge in [0.25, 0.3) is 5.91 Å². The lowest BCUT2D eigenvalue weighted by Gasteiger charge is -2.31. The summed E-state index contributed by atoms with van der Waals surface area (Å²) in [4.78, 5) is 23.5. The number of piperidine rings is 1. The number of aromatic nitrogens is 4. The number of aromatic amines is 2. The summed E-state index contributed by atoms with van der Waals surface area (Å²) in [5.41, 5.74) is 5.61. The maximum atomic E-state index is 13.3. The van der Waals surface area contributed by atoms with Crippen molar-refractivity contribution in [3.8, 4) is 11.3 Å². The molecule has 6 heteroatoms. The first-order chi connectivity index (χ1) is 14.2. The Morgan fingerprint density at radius 1 is 1.14 bits per heavy atom. The number of nitrogens with one attached hydrogen (secondary N) is 2. The Bertz CT molecular complexity index is 1160. The van der Waals surface area contributed by atoms with E-state index in [9.17, 15) is 4.79 Å². The van der Waals surface area contributed by atoms with Gasteiger partial charge >= 0.3 is 0 Å². The van der Waals surface area contributed by atoms with Gasteiger partial charge in [0.15, 0.2) is 0 Å². The average Bonchev–Trinajstić information content (AvgIpc) is 3.42. The predicted octanol–water partition coefficient (Wildman–Crippen LogP) is 4.28. The van der Waals surface area contributed by atoms with E-state index in [2.05, 4.69) is 34.2 Å². The van der Waals surface area contributed by atoms with Crippen LogP contribution in [0.25, 0.3) is 22.3 Å². The number of hydrogen-bond donors (Lipinski definition) is 2. The molecule has 1 aliphatic rings. The van der Waals surface area contributed by atoms with Gasteiger partial charge < -0.3 is 9.88 Å². The molecule has 6 nitrogen and oxygen atoms in total. The third-order valence-corrected chi connectivity index (χ3v) is 5.76. The molecule has 1 amide bonds. The van der Waals surface area contributed by atoms with Crippen LogP contribution in [0, 0.1) is 6.92 Å². The van der Waals surface area contributed by atoms with Gasteiger partial charge in [-0.1, -0.05) is 42.5 Å². The standard InChI is InChI=1S/C23H23N5O/c1-15-7-5-11-19-20(15)26-22(25-19)17-10-6-12-28(14-17)23(29)18-13-24-27-21(18)16-8-3-2-4-9-16/h2-5,7-9,11,13,17H,6,10,12,14H2,1H3,(H,24,27)(H,25,26). The minimum atomic E-state index is 0.0228. The third kappa shape index (κ3) is 3.20. The number of carbonyl (C=O) groups excluding carboxylic acids is 1. The van der Waals surface area contributed by atoms with Gasteiger partial charge in [-0.05, 0) is 31.4 Å². The zero-order valence-electron chi connectivity index (χ0n) is 16.4. The van der Waals surface area contributed by atoms with Gasteiger partial charge in [-0.3, -0.25) is 9.89 Å². The number of imidazole rings is 1. The summed E-state index contributed by atoms with van der Waals surface area (Å²) in [6, 6.07) is 16.0. The van der Waals surface area contributed by atoms with Crippen molar-refractivity contribution >= 4 is 16.9 Å². The molecule has 1 atom stereocenters. The minimum absolute atomic E-state index is 0.0228. The molecule has 1 fully saturated rings. The predicted molar refractivity (Wildman–Crippen MR) is 113 cm³/mol. The molecule has 146 valence electrons. The van der Waals surface area contributed by atoms with Gasteiger partial charge in [-0.15, -0.1) is 0 Å². The summed E-state index contributed by atoms with van der Waals surface area (Å²) < 4.78 is 0. The van der Waals surface area contributed by atoms with E-state index >= 15 is 0 Å². The molecule has 0 saturated carbocycles. The smallest absolute Gasteiger partial charge is 0.257 e. The number of likely N-dealkylation sites (tertiary alicyclic amines) is 1. The lowest BCUT2D eigenvalue weighted by molar-refractivity contribution is 0.0706. The molecular formula is C23H23N5O. The number of nitrogens with zero attached hydrogens (tertiary/aromatic N) is 3. The van der Waals surface area contributed by atoms with E-state index in [0.717, 1.165) is 47.5 Å². The number of carbonyl (C=O) groups is 1. The number of para-hydroxylation sites is 1. The zero-order chi connectivity index (χ0) is 19.8. The second-order valence-corrected chi connectivity index (χ2v) is 7.71. The van der Waals surface area contributed by atoms with Crippen LogP contribution in [0.4, 0.5) is 0 Å². The molecule has 5 rings (SSSR count). The van der Waals surface area contributed by atoms with Gasteiger partial charge in [0.1, 0.15) is 5.82 Å². The Labute approximate surface area is 169 Å². The van der Waals surface area contributed by atoms with Gasteiger partial charge in [0.2, 0.25) is 0 Å². The Hall–Kier alpha value is -3.41. The van der Waals surface area contributed by atoms with Crippen molar-refractivity contribution in [2.75, 3.05) is 13.1 Å².